The molecule has 2 aromatic carbocycles. The van der Waals surface area contributed by atoms with Gasteiger partial charge in [0.15, 0.2) is 0 Å². The van der Waals surface area contributed by atoms with Gasteiger partial charge in [0.05, 0.1) is 12.8 Å². The summed E-state index contributed by atoms with van der Waals surface area (Å²) in [5, 5.41) is 3.28. The lowest BCUT2D eigenvalue weighted by Gasteiger charge is -2.30. The first-order valence-corrected chi connectivity index (χ1v) is 8.43. The lowest BCUT2D eigenvalue weighted by molar-refractivity contribution is -0.197. The standard InChI is InChI=1S/C18H13ClF3N3O4/c1-29-13-8-3-2-7-12(13)25-15(27)17(18(20,21)22,24-16(25)28)23-14(26)10-5-4-6-11(19)9-10/h2-9H,1H3,(H,23,26)(H,24,28)/t17-/m1/s1. The van der Waals surface area contributed by atoms with Crippen molar-refractivity contribution in [3.8, 4) is 5.75 Å². The Labute approximate surface area is 167 Å². The zero-order valence-corrected chi connectivity index (χ0v) is 15.5. The summed E-state index contributed by atoms with van der Waals surface area (Å²) in [5.41, 5.74) is -4.09. The smallest absolute Gasteiger partial charge is 0.440 e. The normalized spacial score (nSPS) is 19.1. The van der Waals surface area contributed by atoms with E-state index in [4.69, 9.17) is 16.3 Å². The molecule has 0 aromatic heterocycles. The van der Waals surface area contributed by atoms with Crippen LogP contribution in [0.25, 0.3) is 0 Å². The van der Waals surface area contributed by atoms with Crippen LogP contribution in [0.1, 0.15) is 10.4 Å². The molecule has 152 valence electrons. The van der Waals surface area contributed by atoms with Crippen molar-refractivity contribution in [2.45, 2.75) is 11.8 Å². The summed E-state index contributed by atoms with van der Waals surface area (Å²) in [6.45, 7) is 0. The number of hydrogen-bond acceptors (Lipinski definition) is 4. The third kappa shape index (κ3) is 3.46. The summed E-state index contributed by atoms with van der Waals surface area (Å²) in [5.74, 6) is -2.98. The molecule has 0 spiro atoms. The molecule has 2 N–H and O–H groups in total. The third-order valence-electron chi connectivity index (χ3n) is 4.16. The monoisotopic (exact) mass is 427 g/mol. The number of methoxy groups -OCH3 is 1. The number of carbonyl (C=O) groups excluding carboxylic acids is 3. The molecule has 7 nitrogen and oxygen atoms in total. The van der Waals surface area contributed by atoms with Crippen molar-refractivity contribution in [1.29, 1.82) is 0 Å². The number of benzene rings is 2. The van der Waals surface area contributed by atoms with Crippen LogP contribution in [-0.2, 0) is 4.79 Å². The quantitative estimate of drug-likeness (QED) is 0.734. The number of anilines is 1. The Balaban J connectivity index is 2.04. The molecule has 2 aromatic rings. The molecule has 29 heavy (non-hydrogen) atoms. The molecule has 11 heteroatoms. The van der Waals surface area contributed by atoms with Gasteiger partial charge in [0.1, 0.15) is 5.75 Å². The minimum atomic E-state index is -5.34. The van der Waals surface area contributed by atoms with Crippen LogP contribution >= 0.6 is 11.6 Å². The van der Waals surface area contributed by atoms with Crippen LogP contribution in [0, 0.1) is 0 Å². The Bertz CT molecular complexity index is 998. The molecule has 0 radical (unpaired) electrons. The number of amides is 4. The van der Waals surface area contributed by atoms with Crippen LogP contribution in [0.2, 0.25) is 5.02 Å². The number of ether oxygens (including phenoxy) is 1. The van der Waals surface area contributed by atoms with Crippen molar-refractivity contribution in [3.05, 3.63) is 59.1 Å². The summed E-state index contributed by atoms with van der Waals surface area (Å²) in [6, 6.07) is 9.27. The first kappa shape index (κ1) is 20.5. The van der Waals surface area contributed by atoms with E-state index in [0.717, 1.165) is 6.07 Å². The third-order valence-corrected chi connectivity index (χ3v) is 4.40. The van der Waals surface area contributed by atoms with Crippen molar-refractivity contribution in [2.24, 2.45) is 0 Å². The lowest BCUT2D eigenvalue weighted by Crippen LogP contribution is -2.69. The van der Waals surface area contributed by atoms with E-state index in [1.54, 1.807) is 10.6 Å². The van der Waals surface area contributed by atoms with Crippen LogP contribution in [-0.4, -0.2) is 36.8 Å². The molecule has 0 bridgehead atoms. The van der Waals surface area contributed by atoms with E-state index in [2.05, 4.69) is 0 Å². The Morgan fingerprint density at radius 2 is 1.86 bits per heavy atom. The van der Waals surface area contributed by atoms with Gasteiger partial charge in [-0.1, -0.05) is 29.8 Å². The fourth-order valence-corrected chi connectivity index (χ4v) is 2.97. The molecule has 1 heterocycles. The maximum Gasteiger partial charge on any atom is 0.440 e. The highest BCUT2D eigenvalue weighted by atomic mass is 35.5. The number of halogens is 4. The average Bonchev–Trinajstić information content (AvgIpc) is 2.92. The second kappa shape index (κ2) is 7.28. The van der Waals surface area contributed by atoms with E-state index < -0.39 is 29.7 Å². The molecule has 4 amide bonds. The molecule has 0 saturated carbocycles. The zero-order chi connectivity index (χ0) is 21.4. The van der Waals surface area contributed by atoms with Crippen LogP contribution in [0.4, 0.5) is 23.7 Å². The van der Waals surface area contributed by atoms with Crippen molar-refractivity contribution >= 4 is 35.1 Å². The second-order valence-corrected chi connectivity index (χ2v) is 6.39. The van der Waals surface area contributed by atoms with Gasteiger partial charge in [0, 0.05) is 10.6 Å². The second-order valence-electron chi connectivity index (χ2n) is 5.95. The molecular weight excluding hydrogens is 415 g/mol. The largest absolute Gasteiger partial charge is 0.495 e. The highest BCUT2D eigenvalue weighted by molar-refractivity contribution is 6.31. The molecular formula is C18H13ClF3N3O4. The Kier molecular flexibility index (Phi) is 5.14. The van der Waals surface area contributed by atoms with Crippen molar-refractivity contribution < 1.29 is 32.3 Å². The van der Waals surface area contributed by atoms with Crippen LogP contribution < -0.4 is 20.3 Å². The van der Waals surface area contributed by atoms with E-state index in [9.17, 15) is 27.6 Å². The number of carbonyl (C=O) groups is 3. The maximum atomic E-state index is 13.9. The van der Waals surface area contributed by atoms with Crippen molar-refractivity contribution in [3.63, 3.8) is 0 Å². The molecule has 1 atom stereocenters. The Morgan fingerprint density at radius 1 is 1.17 bits per heavy atom. The van der Waals surface area contributed by atoms with Crippen LogP contribution in [0.5, 0.6) is 5.75 Å². The van der Waals surface area contributed by atoms with E-state index >= 15 is 0 Å². The number of hydrogen-bond donors (Lipinski definition) is 2. The molecule has 0 aliphatic carbocycles. The number of rotatable bonds is 4. The van der Waals surface area contributed by atoms with Gasteiger partial charge in [-0.3, -0.25) is 14.9 Å². The molecule has 1 fully saturated rings. The van der Waals surface area contributed by atoms with E-state index in [1.807, 2.05) is 0 Å². The molecule has 3 rings (SSSR count). The molecule has 1 aliphatic heterocycles. The van der Waals surface area contributed by atoms with Gasteiger partial charge < -0.3 is 10.1 Å². The summed E-state index contributed by atoms with van der Waals surface area (Å²) in [6.07, 6.45) is -5.34. The number of urea groups is 1. The SMILES string of the molecule is COc1ccccc1N1C(=O)N[C@@](NC(=O)c2cccc(Cl)c2)(C(F)(F)F)C1=O. The first-order chi connectivity index (χ1) is 13.6. The lowest BCUT2D eigenvalue weighted by atomic mass is 10.1. The fraction of sp³-hybridized carbons (Fsp3) is 0.167. The predicted octanol–water partition coefficient (Wildman–Crippen LogP) is 3.09. The zero-order valence-electron chi connectivity index (χ0n) is 14.7. The van der Waals surface area contributed by atoms with E-state index in [0.29, 0.717) is 0 Å². The van der Waals surface area contributed by atoms with Crippen molar-refractivity contribution in [2.75, 3.05) is 12.0 Å². The first-order valence-electron chi connectivity index (χ1n) is 8.05. The van der Waals surface area contributed by atoms with Crippen LogP contribution in [0.15, 0.2) is 48.5 Å². The fourth-order valence-electron chi connectivity index (χ4n) is 2.78. The van der Waals surface area contributed by atoms with E-state index in [1.165, 1.54) is 49.6 Å². The van der Waals surface area contributed by atoms with Gasteiger partial charge in [-0.05, 0) is 30.3 Å². The molecule has 1 saturated heterocycles. The predicted molar refractivity (Wildman–Crippen MR) is 96.7 cm³/mol. The minimum Gasteiger partial charge on any atom is -0.495 e. The summed E-state index contributed by atoms with van der Waals surface area (Å²) in [4.78, 5) is 37.8. The van der Waals surface area contributed by atoms with Gasteiger partial charge in [0.25, 0.3) is 17.5 Å². The number of alkyl halides is 3. The van der Waals surface area contributed by atoms with Gasteiger partial charge in [-0.25, -0.2) is 9.69 Å². The molecule has 0 unspecified atom stereocenters. The van der Waals surface area contributed by atoms with Crippen LogP contribution in [0.3, 0.4) is 0 Å². The Morgan fingerprint density at radius 3 is 2.48 bits per heavy atom. The number of para-hydroxylation sites is 2. The number of nitrogens with zero attached hydrogens (tertiary/aromatic N) is 1. The number of nitrogens with one attached hydrogen (secondary N) is 2. The molecule has 1 aliphatic rings. The summed E-state index contributed by atoms with van der Waals surface area (Å²) < 4.78 is 46.8. The maximum absolute atomic E-state index is 13.9. The van der Waals surface area contributed by atoms with Gasteiger partial charge >= 0.3 is 12.2 Å². The van der Waals surface area contributed by atoms with Crippen molar-refractivity contribution in [1.82, 2.24) is 10.6 Å². The highest BCUT2D eigenvalue weighted by Gasteiger charge is 2.69. The Hall–Kier alpha value is -3.27. The highest BCUT2D eigenvalue weighted by Crippen LogP contribution is 2.38. The number of imide groups is 1. The summed E-state index contributed by atoms with van der Waals surface area (Å²) in [7, 11) is 1.23. The van der Waals surface area contributed by atoms with Gasteiger partial charge in [-0.2, -0.15) is 13.2 Å². The topological polar surface area (TPSA) is 87.7 Å². The van der Waals surface area contributed by atoms with E-state index in [-0.39, 0.29) is 26.9 Å². The van der Waals surface area contributed by atoms with Gasteiger partial charge in [0.2, 0.25) is 0 Å². The van der Waals surface area contributed by atoms with Gasteiger partial charge in [-0.15, -0.1) is 0 Å². The minimum absolute atomic E-state index is 0.00450. The summed E-state index contributed by atoms with van der Waals surface area (Å²) >= 11 is 5.76. The average molecular weight is 428 g/mol.